The summed E-state index contributed by atoms with van der Waals surface area (Å²) in [6, 6.07) is 1.93. The summed E-state index contributed by atoms with van der Waals surface area (Å²) >= 11 is 2.83. The first-order valence-corrected chi connectivity index (χ1v) is 9.38. The van der Waals surface area contributed by atoms with Crippen LogP contribution in [0.4, 0.5) is 0 Å². The Hall–Kier alpha value is -2.92. The summed E-state index contributed by atoms with van der Waals surface area (Å²) in [5.74, 6) is 0. The first kappa shape index (κ1) is 15.3. The largest absolute Gasteiger partial charge is 0.323 e. The molecule has 5 aromatic rings. The predicted molar refractivity (Wildman–Crippen MR) is 98.6 cm³/mol. The fourth-order valence-corrected chi connectivity index (χ4v) is 4.57. The van der Waals surface area contributed by atoms with Crippen molar-refractivity contribution in [2.24, 2.45) is 7.05 Å². The summed E-state index contributed by atoms with van der Waals surface area (Å²) in [6.45, 7) is 0.316. The first-order valence-electron chi connectivity index (χ1n) is 7.79. The number of aryl methyl sites for hydroxylation is 1. The lowest BCUT2D eigenvalue weighted by atomic mass is 10.3. The average Bonchev–Trinajstić information content (AvgIpc) is 3.39. The fourth-order valence-electron chi connectivity index (χ4n) is 2.96. The van der Waals surface area contributed by atoms with Crippen LogP contribution >= 0.6 is 22.9 Å². The molecule has 9 nitrogen and oxygen atoms in total. The van der Waals surface area contributed by atoms with Crippen LogP contribution in [0.2, 0.25) is 0 Å². The summed E-state index contributed by atoms with van der Waals surface area (Å²) in [5, 5.41) is 13.8. The van der Waals surface area contributed by atoms with Crippen molar-refractivity contribution >= 4 is 44.1 Å². The molecule has 26 heavy (non-hydrogen) atoms. The van der Waals surface area contributed by atoms with Crippen molar-refractivity contribution in [2.75, 3.05) is 0 Å². The van der Waals surface area contributed by atoms with E-state index in [1.165, 1.54) is 22.5 Å². The molecule has 0 aliphatic carbocycles. The zero-order valence-corrected chi connectivity index (χ0v) is 15.2. The molecule has 0 aliphatic heterocycles. The summed E-state index contributed by atoms with van der Waals surface area (Å²) in [7, 11) is 1.86. The van der Waals surface area contributed by atoms with E-state index < -0.39 is 0 Å². The summed E-state index contributed by atoms with van der Waals surface area (Å²) in [4.78, 5) is 21.7. The number of nitrogens with zero attached hydrogens (tertiary/aromatic N) is 7. The Labute approximate surface area is 154 Å². The molecule has 0 spiro atoms. The maximum Gasteiger partial charge on any atom is 0.291 e. The van der Waals surface area contributed by atoms with Gasteiger partial charge in [-0.25, -0.2) is 14.6 Å². The van der Waals surface area contributed by atoms with Crippen molar-refractivity contribution < 1.29 is 0 Å². The lowest BCUT2D eigenvalue weighted by Gasteiger charge is -2.03. The third-order valence-corrected chi connectivity index (χ3v) is 5.88. The van der Waals surface area contributed by atoms with E-state index in [4.69, 9.17) is 4.98 Å². The number of rotatable bonds is 4. The van der Waals surface area contributed by atoms with Gasteiger partial charge in [-0.3, -0.25) is 9.89 Å². The molecule has 0 aromatic carbocycles. The molecule has 0 bridgehead atoms. The molecule has 0 atom stereocenters. The van der Waals surface area contributed by atoms with Crippen molar-refractivity contribution in [3.63, 3.8) is 0 Å². The number of hydrogen-bond donors (Lipinski definition) is 1. The van der Waals surface area contributed by atoms with Gasteiger partial charge in [0.2, 0.25) is 0 Å². The molecule has 0 saturated carbocycles. The van der Waals surface area contributed by atoms with Crippen LogP contribution in [0.15, 0.2) is 29.6 Å². The molecule has 0 amide bonds. The van der Waals surface area contributed by atoms with E-state index in [1.807, 2.05) is 17.7 Å². The molecule has 0 fully saturated rings. The lowest BCUT2D eigenvalue weighted by Crippen LogP contribution is -2.24. The summed E-state index contributed by atoms with van der Waals surface area (Å²) in [5.41, 5.74) is 2.18. The van der Waals surface area contributed by atoms with Gasteiger partial charge in [0.15, 0.2) is 5.65 Å². The Morgan fingerprint density at radius 2 is 2.23 bits per heavy atom. The van der Waals surface area contributed by atoms with Crippen LogP contribution in [0.25, 0.3) is 21.3 Å². The van der Waals surface area contributed by atoms with Crippen molar-refractivity contribution in [1.29, 1.82) is 0 Å². The fraction of sp³-hybridized carbons (Fsp3) is 0.200. The van der Waals surface area contributed by atoms with Gasteiger partial charge in [0.25, 0.3) is 5.56 Å². The van der Waals surface area contributed by atoms with Crippen LogP contribution in [-0.4, -0.2) is 38.9 Å². The topological polar surface area (TPSA) is 107 Å². The second-order valence-corrected chi connectivity index (χ2v) is 7.71. The Balaban J connectivity index is 1.62. The van der Waals surface area contributed by atoms with Crippen molar-refractivity contribution in [3.8, 4) is 0 Å². The van der Waals surface area contributed by atoms with Gasteiger partial charge < -0.3 is 4.57 Å². The minimum absolute atomic E-state index is 0.153. The maximum atomic E-state index is 12.9. The molecular formula is C15H12N8OS2. The molecule has 0 saturated heterocycles. The van der Waals surface area contributed by atoms with Crippen LogP contribution in [0, 0.1) is 0 Å². The standard InChI is InChI=1S/C15H12N8OS2/c1-22-12-9(5-18-23(15(12)24)6-11-16-7-19-26-11)13-14(22)20-10(25-13)4-8-2-3-17-21-8/h2-3,5,7H,4,6H2,1H3,(H,17,21). The Kier molecular flexibility index (Phi) is 3.43. The van der Waals surface area contributed by atoms with E-state index in [9.17, 15) is 4.79 Å². The van der Waals surface area contributed by atoms with E-state index in [1.54, 1.807) is 23.7 Å². The highest BCUT2D eigenvalue weighted by Crippen LogP contribution is 2.31. The zero-order chi connectivity index (χ0) is 17.7. The number of nitrogens with one attached hydrogen (secondary N) is 1. The number of thiazole rings is 1. The van der Waals surface area contributed by atoms with Crippen LogP contribution in [0.5, 0.6) is 0 Å². The van der Waals surface area contributed by atoms with Gasteiger partial charge in [0.05, 0.1) is 23.1 Å². The highest BCUT2D eigenvalue weighted by atomic mass is 32.1. The van der Waals surface area contributed by atoms with E-state index in [2.05, 4.69) is 24.7 Å². The van der Waals surface area contributed by atoms with E-state index in [-0.39, 0.29) is 5.56 Å². The zero-order valence-electron chi connectivity index (χ0n) is 13.6. The third-order valence-electron chi connectivity index (χ3n) is 4.15. The van der Waals surface area contributed by atoms with Crippen molar-refractivity contribution in [2.45, 2.75) is 13.0 Å². The normalized spacial score (nSPS) is 11.7. The van der Waals surface area contributed by atoms with Crippen molar-refractivity contribution in [3.05, 3.63) is 50.9 Å². The SMILES string of the molecule is Cn1c2nc(Cc3cc[nH]n3)sc2c2cnn(Cc3ncns3)c(=O)c21. The van der Waals surface area contributed by atoms with Gasteiger partial charge in [0, 0.05) is 25.1 Å². The van der Waals surface area contributed by atoms with Crippen molar-refractivity contribution in [1.82, 2.24) is 38.9 Å². The highest BCUT2D eigenvalue weighted by molar-refractivity contribution is 7.19. The van der Waals surface area contributed by atoms with Gasteiger partial charge in [-0.05, 0) is 17.6 Å². The van der Waals surface area contributed by atoms with Gasteiger partial charge in [-0.2, -0.15) is 14.6 Å². The van der Waals surface area contributed by atoms with E-state index in [0.29, 0.717) is 18.5 Å². The molecule has 130 valence electrons. The van der Waals surface area contributed by atoms with Crippen LogP contribution < -0.4 is 5.56 Å². The van der Waals surface area contributed by atoms with Crippen LogP contribution in [0.3, 0.4) is 0 Å². The van der Waals surface area contributed by atoms with E-state index in [0.717, 1.165) is 31.4 Å². The summed E-state index contributed by atoms with van der Waals surface area (Å²) < 4.78 is 8.19. The Morgan fingerprint density at radius 1 is 1.31 bits per heavy atom. The molecule has 5 aromatic heterocycles. The number of aromatic amines is 1. The minimum Gasteiger partial charge on any atom is -0.323 e. The molecule has 5 rings (SSSR count). The first-order chi connectivity index (χ1) is 12.7. The number of H-pyrrole nitrogens is 1. The maximum absolute atomic E-state index is 12.9. The lowest BCUT2D eigenvalue weighted by molar-refractivity contribution is 0.641. The smallest absolute Gasteiger partial charge is 0.291 e. The second-order valence-electron chi connectivity index (χ2n) is 5.77. The van der Waals surface area contributed by atoms with Gasteiger partial charge in [0.1, 0.15) is 21.9 Å². The Morgan fingerprint density at radius 3 is 3.00 bits per heavy atom. The number of aromatic nitrogens is 8. The van der Waals surface area contributed by atoms with Crippen LogP contribution in [0.1, 0.15) is 15.7 Å². The molecule has 5 heterocycles. The van der Waals surface area contributed by atoms with Gasteiger partial charge in [-0.15, -0.1) is 11.3 Å². The van der Waals surface area contributed by atoms with E-state index >= 15 is 0 Å². The van der Waals surface area contributed by atoms with Gasteiger partial charge >= 0.3 is 0 Å². The van der Waals surface area contributed by atoms with Gasteiger partial charge in [-0.1, -0.05) is 0 Å². The van der Waals surface area contributed by atoms with Crippen LogP contribution in [-0.2, 0) is 20.0 Å². The molecule has 0 unspecified atom stereocenters. The minimum atomic E-state index is -0.153. The average molecular weight is 384 g/mol. The third kappa shape index (κ3) is 2.35. The molecule has 0 aliphatic rings. The highest BCUT2D eigenvalue weighted by Gasteiger charge is 2.18. The molecule has 1 N–H and O–H groups in total. The molecular weight excluding hydrogens is 372 g/mol. The molecule has 0 radical (unpaired) electrons. The number of fused-ring (bicyclic) bond motifs is 3. The summed E-state index contributed by atoms with van der Waals surface area (Å²) in [6.07, 6.45) is 5.66. The quantitative estimate of drug-likeness (QED) is 0.504. The number of hydrogen-bond acceptors (Lipinski definition) is 8. The monoisotopic (exact) mass is 384 g/mol. The predicted octanol–water partition coefficient (Wildman–Crippen LogP) is 1.56. The molecule has 11 heteroatoms. The second kappa shape index (κ2) is 5.81. The Bertz CT molecular complexity index is 1260.